The van der Waals surface area contributed by atoms with Crippen LogP contribution in [0.1, 0.15) is 20.3 Å². The lowest BCUT2D eigenvalue weighted by Crippen LogP contribution is -2.57. The number of hydrogen-bond donors (Lipinski definition) is 2. The van der Waals surface area contributed by atoms with Gasteiger partial charge in [0.05, 0.1) is 12.1 Å². The molecule has 3 aliphatic heterocycles. The zero-order valence-corrected chi connectivity index (χ0v) is 11.9. The first-order chi connectivity index (χ1) is 8.99. The van der Waals surface area contributed by atoms with E-state index in [0.29, 0.717) is 11.0 Å². The molecule has 3 rings (SSSR count). The molecular formula is C12H18N4O2S. The summed E-state index contributed by atoms with van der Waals surface area (Å²) < 4.78 is 0. The standard InChI is InChI=1S/C12H18N4O2S/c1-6(2)4-13-12(19)15-5-7-3-8(15)9-10(17)14-11(18)16(7)9/h6-9H,3-5H2,1-2H3,(H,13,19)(H,14,17,18). The predicted octanol–water partition coefficient (Wildman–Crippen LogP) is -0.106. The first kappa shape index (κ1) is 12.7. The Bertz CT molecular complexity index is 453. The van der Waals surface area contributed by atoms with Crippen LogP contribution in [-0.4, -0.2) is 58.1 Å². The molecule has 3 fully saturated rings. The van der Waals surface area contributed by atoms with Crippen molar-refractivity contribution in [3.63, 3.8) is 0 Å². The molecule has 3 aliphatic rings. The van der Waals surface area contributed by atoms with E-state index in [1.54, 1.807) is 4.90 Å². The molecular weight excluding hydrogens is 264 g/mol. The number of carbonyl (C=O) groups excluding carboxylic acids is 2. The second-order valence-corrected chi connectivity index (χ2v) is 6.22. The fourth-order valence-electron chi connectivity index (χ4n) is 3.22. The van der Waals surface area contributed by atoms with Gasteiger partial charge in [-0.2, -0.15) is 0 Å². The number of thiocarbonyl (C=S) groups is 1. The molecule has 0 spiro atoms. The van der Waals surface area contributed by atoms with Gasteiger partial charge in [0.2, 0.25) is 0 Å². The molecule has 0 aromatic rings. The van der Waals surface area contributed by atoms with Crippen molar-refractivity contribution in [3.8, 4) is 0 Å². The van der Waals surface area contributed by atoms with Gasteiger partial charge in [-0.3, -0.25) is 10.1 Å². The predicted molar refractivity (Wildman–Crippen MR) is 73.5 cm³/mol. The zero-order valence-electron chi connectivity index (χ0n) is 11.0. The Balaban J connectivity index is 1.71. The molecule has 19 heavy (non-hydrogen) atoms. The Morgan fingerprint density at radius 3 is 2.95 bits per heavy atom. The van der Waals surface area contributed by atoms with Crippen molar-refractivity contribution in [1.29, 1.82) is 0 Å². The third-order valence-corrected chi connectivity index (χ3v) is 4.41. The maximum absolute atomic E-state index is 11.8. The van der Waals surface area contributed by atoms with Gasteiger partial charge in [-0.25, -0.2) is 4.79 Å². The largest absolute Gasteiger partial charge is 0.362 e. The zero-order chi connectivity index (χ0) is 13.7. The number of piperazine rings is 1. The normalized spacial score (nSPS) is 32.1. The topological polar surface area (TPSA) is 64.7 Å². The van der Waals surface area contributed by atoms with E-state index < -0.39 is 0 Å². The van der Waals surface area contributed by atoms with Crippen LogP contribution >= 0.6 is 12.2 Å². The van der Waals surface area contributed by atoms with Gasteiger partial charge in [0.15, 0.2) is 5.11 Å². The van der Waals surface area contributed by atoms with Crippen molar-refractivity contribution >= 4 is 29.3 Å². The molecule has 0 aliphatic carbocycles. The molecule has 2 bridgehead atoms. The maximum atomic E-state index is 11.8. The summed E-state index contributed by atoms with van der Waals surface area (Å²) in [6.45, 7) is 5.80. The molecule has 6 nitrogen and oxygen atoms in total. The van der Waals surface area contributed by atoms with Crippen molar-refractivity contribution in [2.75, 3.05) is 13.1 Å². The van der Waals surface area contributed by atoms with Crippen molar-refractivity contribution in [2.24, 2.45) is 5.92 Å². The van der Waals surface area contributed by atoms with Gasteiger partial charge in [-0.05, 0) is 24.6 Å². The first-order valence-electron chi connectivity index (χ1n) is 6.66. The van der Waals surface area contributed by atoms with Gasteiger partial charge in [0.25, 0.3) is 5.91 Å². The number of nitrogens with zero attached hydrogens (tertiary/aromatic N) is 2. The first-order valence-corrected chi connectivity index (χ1v) is 7.07. The minimum Gasteiger partial charge on any atom is -0.362 e. The lowest BCUT2D eigenvalue weighted by molar-refractivity contribution is -0.122. The fourth-order valence-corrected chi connectivity index (χ4v) is 3.51. The highest BCUT2D eigenvalue weighted by Crippen LogP contribution is 2.38. The van der Waals surface area contributed by atoms with Crippen LogP contribution in [0.15, 0.2) is 0 Å². The van der Waals surface area contributed by atoms with Gasteiger partial charge in [0, 0.05) is 13.1 Å². The summed E-state index contributed by atoms with van der Waals surface area (Å²) in [5, 5.41) is 6.33. The summed E-state index contributed by atoms with van der Waals surface area (Å²) in [6, 6.07) is -0.461. The van der Waals surface area contributed by atoms with Crippen LogP contribution in [0, 0.1) is 5.92 Å². The Labute approximate surface area is 117 Å². The second kappa shape index (κ2) is 4.33. The average Bonchev–Trinajstić information content (AvgIpc) is 2.99. The highest BCUT2D eigenvalue weighted by Gasteiger charge is 2.59. The monoisotopic (exact) mass is 282 g/mol. The highest BCUT2D eigenvalue weighted by molar-refractivity contribution is 7.80. The lowest BCUT2D eigenvalue weighted by Gasteiger charge is -2.36. The van der Waals surface area contributed by atoms with Gasteiger partial charge >= 0.3 is 6.03 Å². The second-order valence-electron chi connectivity index (χ2n) is 5.84. The summed E-state index contributed by atoms with van der Waals surface area (Å²) in [4.78, 5) is 27.3. The van der Waals surface area contributed by atoms with Crippen molar-refractivity contribution in [2.45, 2.75) is 38.4 Å². The van der Waals surface area contributed by atoms with Crippen LogP contribution in [-0.2, 0) is 4.79 Å². The van der Waals surface area contributed by atoms with Crippen LogP contribution in [0.4, 0.5) is 4.79 Å². The molecule has 3 atom stereocenters. The molecule has 7 heteroatoms. The highest BCUT2D eigenvalue weighted by atomic mass is 32.1. The lowest BCUT2D eigenvalue weighted by atomic mass is 10.1. The number of carbonyl (C=O) groups is 2. The third-order valence-electron chi connectivity index (χ3n) is 4.03. The molecule has 3 heterocycles. The van der Waals surface area contributed by atoms with E-state index in [1.807, 2.05) is 0 Å². The summed E-state index contributed by atoms with van der Waals surface area (Å²) in [5.41, 5.74) is 0. The number of urea groups is 1. The molecule has 3 unspecified atom stereocenters. The minimum atomic E-state index is -0.356. The number of likely N-dealkylation sites (tertiary alicyclic amines) is 1. The smallest absolute Gasteiger partial charge is 0.325 e. The van der Waals surface area contributed by atoms with Crippen molar-refractivity contribution in [3.05, 3.63) is 0 Å². The number of imide groups is 1. The van der Waals surface area contributed by atoms with E-state index >= 15 is 0 Å². The Morgan fingerprint density at radius 1 is 1.53 bits per heavy atom. The van der Waals surface area contributed by atoms with Crippen LogP contribution < -0.4 is 10.6 Å². The van der Waals surface area contributed by atoms with E-state index in [-0.39, 0.29) is 30.1 Å². The van der Waals surface area contributed by atoms with E-state index in [1.165, 1.54) is 0 Å². The van der Waals surface area contributed by atoms with E-state index in [2.05, 4.69) is 29.4 Å². The Morgan fingerprint density at radius 2 is 2.26 bits per heavy atom. The molecule has 3 saturated heterocycles. The van der Waals surface area contributed by atoms with Gasteiger partial charge in [-0.15, -0.1) is 0 Å². The maximum Gasteiger partial charge on any atom is 0.325 e. The van der Waals surface area contributed by atoms with Gasteiger partial charge in [-0.1, -0.05) is 13.8 Å². The van der Waals surface area contributed by atoms with Crippen molar-refractivity contribution < 1.29 is 9.59 Å². The Hall–Kier alpha value is -1.37. The molecule has 2 N–H and O–H groups in total. The van der Waals surface area contributed by atoms with Crippen LogP contribution in [0.5, 0.6) is 0 Å². The fraction of sp³-hybridized carbons (Fsp3) is 0.750. The molecule has 0 aromatic carbocycles. The van der Waals surface area contributed by atoms with Crippen LogP contribution in [0.25, 0.3) is 0 Å². The van der Waals surface area contributed by atoms with E-state index in [4.69, 9.17) is 12.2 Å². The molecule has 0 saturated carbocycles. The average molecular weight is 282 g/mol. The SMILES string of the molecule is CC(C)CNC(=S)N1CC2CC1C1C(=O)NC(=O)N21. The third kappa shape index (κ3) is 1.87. The Kier molecular flexibility index (Phi) is 2.88. The van der Waals surface area contributed by atoms with Crippen LogP contribution in [0.2, 0.25) is 0 Å². The summed E-state index contributed by atoms with van der Waals surface area (Å²) in [6.07, 6.45) is 0.841. The number of rotatable bonds is 2. The number of amides is 3. The number of nitrogens with one attached hydrogen (secondary N) is 2. The number of hydrogen-bond acceptors (Lipinski definition) is 3. The number of fused-ring (bicyclic) bond motifs is 5. The summed E-state index contributed by atoms with van der Waals surface area (Å²) in [5.74, 6) is 0.333. The molecule has 3 amide bonds. The molecule has 104 valence electrons. The molecule has 0 aromatic heterocycles. The van der Waals surface area contributed by atoms with Gasteiger partial charge in [0.1, 0.15) is 6.04 Å². The van der Waals surface area contributed by atoms with Crippen LogP contribution in [0.3, 0.4) is 0 Å². The van der Waals surface area contributed by atoms with Gasteiger partial charge < -0.3 is 15.1 Å². The van der Waals surface area contributed by atoms with E-state index in [9.17, 15) is 9.59 Å². The van der Waals surface area contributed by atoms with E-state index in [0.717, 1.165) is 19.5 Å². The summed E-state index contributed by atoms with van der Waals surface area (Å²) in [7, 11) is 0. The minimum absolute atomic E-state index is 0.0311. The summed E-state index contributed by atoms with van der Waals surface area (Å²) >= 11 is 5.40. The quantitative estimate of drug-likeness (QED) is 0.547. The van der Waals surface area contributed by atoms with Crippen molar-refractivity contribution in [1.82, 2.24) is 20.4 Å². The molecule has 0 radical (unpaired) electrons.